The minimum atomic E-state index is -0.330. The van der Waals surface area contributed by atoms with Gasteiger partial charge in [0.05, 0.1) is 20.5 Å². The summed E-state index contributed by atoms with van der Waals surface area (Å²) in [5.41, 5.74) is 1.81. The lowest BCUT2D eigenvalue weighted by Gasteiger charge is -2.10. The van der Waals surface area contributed by atoms with Crippen molar-refractivity contribution in [3.63, 3.8) is 0 Å². The van der Waals surface area contributed by atoms with Crippen LogP contribution in [0, 0.1) is 17.1 Å². The van der Waals surface area contributed by atoms with Gasteiger partial charge in [0, 0.05) is 11.8 Å². The van der Waals surface area contributed by atoms with Crippen LogP contribution in [0.25, 0.3) is 11.1 Å². The van der Waals surface area contributed by atoms with E-state index in [-0.39, 0.29) is 5.82 Å². The van der Waals surface area contributed by atoms with Crippen molar-refractivity contribution in [3.8, 4) is 17.2 Å². The van der Waals surface area contributed by atoms with Crippen LogP contribution in [-0.4, -0.2) is 4.98 Å². The Bertz CT molecular complexity index is 916. The molecule has 2 aromatic carbocycles. The second kappa shape index (κ2) is 7.23. The molecule has 0 aliphatic carbocycles. The Morgan fingerprint density at radius 2 is 1.67 bits per heavy atom. The van der Waals surface area contributed by atoms with E-state index in [4.69, 9.17) is 23.2 Å². The number of halogens is 3. The van der Waals surface area contributed by atoms with Crippen LogP contribution in [0.15, 0.2) is 64.6 Å². The van der Waals surface area contributed by atoms with Crippen LogP contribution in [-0.2, 0) is 0 Å². The minimum Gasteiger partial charge on any atom is -0.248 e. The standard InChI is InChI=1S/C18H9Cl2FN2S/c19-15-2-1-3-16(20)17(15)24-18-14(10-22)13(8-9-23-18)11-4-6-12(21)7-5-11/h1-9H. The molecule has 0 fully saturated rings. The van der Waals surface area contributed by atoms with Gasteiger partial charge in [-0.2, -0.15) is 5.26 Å². The Labute approximate surface area is 152 Å². The Morgan fingerprint density at radius 3 is 2.29 bits per heavy atom. The molecule has 0 saturated heterocycles. The van der Waals surface area contributed by atoms with Crippen molar-refractivity contribution in [1.82, 2.24) is 4.98 Å². The highest BCUT2D eigenvalue weighted by Crippen LogP contribution is 2.40. The van der Waals surface area contributed by atoms with Crippen molar-refractivity contribution in [2.45, 2.75) is 9.92 Å². The maximum Gasteiger partial charge on any atom is 0.123 e. The lowest BCUT2D eigenvalue weighted by atomic mass is 10.0. The number of nitrogens with zero attached hydrogens (tertiary/aromatic N) is 2. The molecule has 118 valence electrons. The van der Waals surface area contributed by atoms with E-state index in [1.807, 2.05) is 0 Å². The summed E-state index contributed by atoms with van der Waals surface area (Å²) < 4.78 is 13.1. The molecule has 0 saturated carbocycles. The maximum absolute atomic E-state index is 13.1. The zero-order valence-electron chi connectivity index (χ0n) is 12.1. The van der Waals surface area contributed by atoms with Crippen LogP contribution in [0.1, 0.15) is 5.56 Å². The number of pyridine rings is 1. The Balaban J connectivity index is 2.09. The normalized spacial score (nSPS) is 10.4. The van der Waals surface area contributed by atoms with Crippen molar-refractivity contribution < 1.29 is 4.39 Å². The lowest BCUT2D eigenvalue weighted by Crippen LogP contribution is -1.92. The fraction of sp³-hybridized carbons (Fsp3) is 0. The molecule has 0 atom stereocenters. The van der Waals surface area contributed by atoms with Crippen LogP contribution >= 0.6 is 35.0 Å². The summed E-state index contributed by atoms with van der Waals surface area (Å²) in [6.45, 7) is 0. The molecule has 6 heteroatoms. The fourth-order valence-electron chi connectivity index (χ4n) is 2.17. The molecular formula is C18H9Cl2FN2S. The third-order valence-electron chi connectivity index (χ3n) is 3.30. The van der Waals surface area contributed by atoms with Gasteiger partial charge in [-0.3, -0.25) is 0 Å². The van der Waals surface area contributed by atoms with Crippen molar-refractivity contribution >= 4 is 35.0 Å². The highest BCUT2D eigenvalue weighted by Gasteiger charge is 2.15. The van der Waals surface area contributed by atoms with Crippen molar-refractivity contribution in [2.24, 2.45) is 0 Å². The molecule has 0 spiro atoms. The smallest absolute Gasteiger partial charge is 0.123 e. The molecule has 24 heavy (non-hydrogen) atoms. The number of hydrogen-bond donors (Lipinski definition) is 0. The quantitative estimate of drug-likeness (QED) is 0.546. The van der Waals surface area contributed by atoms with Gasteiger partial charge in [0.25, 0.3) is 0 Å². The second-order valence-electron chi connectivity index (χ2n) is 4.81. The molecule has 3 aromatic rings. The van der Waals surface area contributed by atoms with Crippen LogP contribution in [0.2, 0.25) is 10.0 Å². The van der Waals surface area contributed by atoms with Gasteiger partial charge in [0.1, 0.15) is 16.9 Å². The number of nitriles is 1. The molecule has 0 bridgehead atoms. The summed E-state index contributed by atoms with van der Waals surface area (Å²) in [6, 6.07) is 15.1. The molecule has 0 unspecified atom stereocenters. The van der Waals surface area contributed by atoms with Gasteiger partial charge in [-0.05, 0) is 35.9 Å². The molecule has 1 aromatic heterocycles. The van der Waals surface area contributed by atoms with E-state index in [9.17, 15) is 9.65 Å². The van der Waals surface area contributed by atoms with E-state index < -0.39 is 0 Å². The first kappa shape index (κ1) is 16.8. The molecule has 0 amide bonds. The van der Waals surface area contributed by atoms with Gasteiger partial charge in [-0.25, -0.2) is 9.37 Å². The molecule has 0 aliphatic heterocycles. The van der Waals surface area contributed by atoms with Gasteiger partial charge >= 0.3 is 0 Å². The van der Waals surface area contributed by atoms with E-state index in [1.54, 1.807) is 42.6 Å². The average Bonchev–Trinajstić information content (AvgIpc) is 2.58. The predicted molar refractivity (Wildman–Crippen MR) is 94.9 cm³/mol. The SMILES string of the molecule is N#Cc1c(-c2ccc(F)cc2)ccnc1Sc1c(Cl)cccc1Cl. The van der Waals surface area contributed by atoms with Crippen molar-refractivity contribution in [1.29, 1.82) is 5.26 Å². The maximum atomic E-state index is 13.1. The van der Waals surface area contributed by atoms with Crippen molar-refractivity contribution in [3.05, 3.63) is 76.2 Å². The van der Waals surface area contributed by atoms with Gasteiger partial charge in [-0.15, -0.1) is 0 Å². The molecule has 0 N–H and O–H groups in total. The average molecular weight is 375 g/mol. The monoisotopic (exact) mass is 374 g/mol. The van der Waals surface area contributed by atoms with Crippen LogP contribution < -0.4 is 0 Å². The van der Waals surface area contributed by atoms with Gasteiger partial charge in [-0.1, -0.05) is 53.2 Å². The first-order valence-electron chi connectivity index (χ1n) is 6.87. The van der Waals surface area contributed by atoms with Gasteiger partial charge in [0.2, 0.25) is 0 Å². The Kier molecular flexibility index (Phi) is 5.06. The Hall–Kier alpha value is -2.06. The van der Waals surface area contributed by atoms with E-state index in [1.165, 1.54) is 23.9 Å². The van der Waals surface area contributed by atoms with Gasteiger partial charge in [0.15, 0.2) is 0 Å². The largest absolute Gasteiger partial charge is 0.248 e. The predicted octanol–water partition coefficient (Wildman–Crippen LogP) is 6.22. The number of aromatic nitrogens is 1. The molecule has 1 heterocycles. The zero-order chi connectivity index (χ0) is 17.1. The summed E-state index contributed by atoms with van der Waals surface area (Å²) in [7, 11) is 0. The highest BCUT2D eigenvalue weighted by atomic mass is 35.5. The van der Waals surface area contributed by atoms with Gasteiger partial charge < -0.3 is 0 Å². The first-order valence-corrected chi connectivity index (χ1v) is 8.44. The topological polar surface area (TPSA) is 36.7 Å². The van der Waals surface area contributed by atoms with E-state index in [0.717, 1.165) is 5.56 Å². The van der Waals surface area contributed by atoms with Crippen LogP contribution in [0.5, 0.6) is 0 Å². The van der Waals surface area contributed by atoms with Crippen LogP contribution in [0.4, 0.5) is 4.39 Å². The third-order valence-corrected chi connectivity index (χ3v) is 5.30. The number of benzene rings is 2. The summed E-state index contributed by atoms with van der Waals surface area (Å²) in [6.07, 6.45) is 1.60. The Morgan fingerprint density at radius 1 is 1.00 bits per heavy atom. The van der Waals surface area contributed by atoms with Crippen LogP contribution in [0.3, 0.4) is 0 Å². The molecule has 2 nitrogen and oxygen atoms in total. The summed E-state index contributed by atoms with van der Waals surface area (Å²) in [5, 5.41) is 11.1. The first-order chi connectivity index (χ1) is 11.6. The lowest BCUT2D eigenvalue weighted by molar-refractivity contribution is 0.628. The summed E-state index contributed by atoms with van der Waals surface area (Å²) in [4.78, 5) is 4.92. The third kappa shape index (κ3) is 3.39. The second-order valence-corrected chi connectivity index (χ2v) is 6.62. The summed E-state index contributed by atoms with van der Waals surface area (Å²) >= 11 is 13.6. The molecule has 0 radical (unpaired) electrons. The van der Waals surface area contributed by atoms with E-state index in [2.05, 4.69) is 11.1 Å². The minimum absolute atomic E-state index is 0.330. The van der Waals surface area contributed by atoms with E-state index in [0.29, 0.717) is 31.1 Å². The van der Waals surface area contributed by atoms with E-state index >= 15 is 0 Å². The molecule has 3 rings (SSSR count). The fourth-order valence-corrected chi connectivity index (χ4v) is 3.70. The number of rotatable bonds is 3. The summed E-state index contributed by atoms with van der Waals surface area (Å²) in [5.74, 6) is -0.330. The number of hydrogen-bond acceptors (Lipinski definition) is 3. The van der Waals surface area contributed by atoms with Crippen molar-refractivity contribution in [2.75, 3.05) is 0 Å². The highest BCUT2D eigenvalue weighted by molar-refractivity contribution is 7.99. The molecular weight excluding hydrogens is 366 g/mol. The zero-order valence-corrected chi connectivity index (χ0v) is 14.5. The molecule has 0 aliphatic rings.